The lowest BCUT2D eigenvalue weighted by Crippen LogP contribution is -2.05. The van der Waals surface area contributed by atoms with Crippen LogP contribution >= 0.6 is 15.9 Å². The fourth-order valence-electron chi connectivity index (χ4n) is 2.02. The highest BCUT2D eigenvalue weighted by atomic mass is 79.9. The van der Waals surface area contributed by atoms with Crippen LogP contribution in [0.3, 0.4) is 0 Å². The van der Waals surface area contributed by atoms with E-state index in [9.17, 15) is 18.4 Å². The van der Waals surface area contributed by atoms with Crippen LogP contribution in [0.1, 0.15) is 16.8 Å². The first-order valence-corrected chi connectivity index (χ1v) is 7.66. The van der Waals surface area contributed by atoms with Crippen molar-refractivity contribution >= 4 is 27.6 Å². The number of ether oxygens (including phenoxy) is 2. The number of alkyl halides is 3. The molecule has 1 aromatic carbocycles. The molecule has 0 bridgehead atoms. The van der Waals surface area contributed by atoms with Gasteiger partial charge in [-0.1, -0.05) is 15.9 Å². The van der Waals surface area contributed by atoms with Crippen LogP contribution in [0, 0.1) is 11.3 Å². The van der Waals surface area contributed by atoms with Gasteiger partial charge in [0.2, 0.25) is 0 Å². The van der Waals surface area contributed by atoms with E-state index in [4.69, 9.17) is 9.47 Å². The van der Waals surface area contributed by atoms with E-state index < -0.39 is 11.7 Å². The Bertz CT molecular complexity index is 841. The topological polar surface area (TPSA) is 55.1 Å². The van der Waals surface area contributed by atoms with Gasteiger partial charge in [0.1, 0.15) is 6.07 Å². The van der Waals surface area contributed by atoms with Gasteiger partial charge in [-0.15, -0.1) is 0 Å². The van der Waals surface area contributed by atoms with Gasteiger partial charge in [-0.25, -0.2) is 0 Å². The third-order valence-electron chi connectivity index (χ3n) is 3.29. The molecule has 0 N–H and O–H groups in total. The number of halogens is 4. The molecule has 0 spiro atoms. The molecule has 0 amide bonds. The number of methoxy groups -OCH3 is 2. The van der Waals surface area contributed by atoms with Crippen LogP contribution in [-0.4, -0.2) is 19.2 Å². The number of nitrogens with zero attached hydrogens (tertiary/aromatic N) is 2. The quantitative estimate of drug-likeness (QED) is 0.667. The van der Waals surface area contributed by atoms with Crippen molar-refractivity contribution in [1.82, 2.24) is 4.98 Å². The molecule has 0 saturated heterocycles. The summed E-state index contributed by atoms with van der Waals surface area (Å²) < 4.78 is 48.8. The first-order valence-electron chi connectivity index (χ1n) is 6.87. The fourth-order valence-corrected chi connectivity index (χ4v) is 2.46. The normalized spacial score (nSPS) is 11.8. The van der Waals surface area contributed by atoms with Gasteiger partial charge in [0.05, 0.1) is 31.1 Å². The molecule has 0 aliphatic carbocycles. The van der Waals surface area contributed by atoms with Crippen molar-refractivity contribution in [1.29, 1.82) is 5.26 Å². The highest BCUT2D eigenvalue weighted by Crippen LogP contribution is 2.35. The number of pyridine rings is 1. The Labute approximate surface area is 150 Å². The third-order valence-corrected chi connectivity index (χ3v) is 3.98. The second-order valence-electron chi connectivity index (χ2n) is 4.83. The zero-order chi connectivity index (χ0) is 18.6. The molecule has 8 heteroatoms. The van der Waals surface area contributed by atoms with Crippen molar-refractivity contribution in [2.24, 2.45) is 0 Å². The van der Waals surface area contributed by atoms with Crippen molar-refractivity contribution in [3.8, 4) is 17.6 Å². The lowest BCUT2D eigenvalue weighted by molar-refractivity contribution is -0.137. The summed E-state index contributed by atoms with van der Waals surface area (Å²) >= 11 is 3.36. The molecule has 2 aromatic rings. The van der Waals surface area contributed by atoms with E-state index in [2.05, 4.69) is 20.9 Å². The maximum atomic E-state index is 12.6. The first kappa shape index (κ1) is 18.8. The zero-order valence-corrected chi connectivity index (χ0v) is 14.8. The van der Waals surface area contributed by atoms with E-state index in [1.807, 2.05) is 6.07 Å². The Hall–Kier alpha value is -2.53. The number of allylic oxidation sites excluding steroid dienone is 1. The van der Waals surface area contributed by atoms with Gasteiger partial charge >= 0.3 is 6.18 Å². The molecule has 0 saturated carbocycles. The zero-order valence-electron chi connectivity index (χ0n) is 13.2. The third kappa shape index (κ3) is 4.31. The summed E-state index contributed by atoms with van der Waals surface area (Å²) in [5.74, 6) is 0.951. The minimum atomic E-state index is -4.48. The lowest BCUT2D eigenvalue weighted by atomic mass is 10.1. The summed E-state index contributed by atoms with van der Waals surface area (Å²) in [5, 5.41) is 9.34. The first-order chi connectivity index (χ1) is 11.8. The minimum absolute atomic E-state index is 0.113. The summed E-state index contributed by atoms with van der Waals surface area (Å²) in [6, 6.07) is 7.30. The van der Waals surface area contributed by atoms with Crippen molar-refractivity contribution in [3.63, 3.8) is 0 Å². The molecule has 1 heterocycles. The van der Waals surface area contributed by atoms with E-state index in [1.54, 1.807) is 12.1 Å². The summed E-state index contributed by atoms with van der Waals surface area (Å²) in [4.78, 5) is 3.74. The molecule has 2 rings (SSSR count). The number of aromatic nitrogens is 1. The van der Waals surface area contributed by atoms with Gasteiger partial charge in [0, 0.05) is 10.7 Å². The summed E-state index contributed by atoms with van der Waals surface area (Å²) in [6.07, 6.45) is -2.28. The maximum Gasteiger partial charge on any atom is 0.417 e. The molecule has 0 unspecified atom stereocenters. The van der Waals surface area contributed by atoms with E-state index >= 15 is 0 Å². The molecule has 25 heavy (non-hydrogen) atoms. The van der Waals surface area contributed by atoms with Gasteiger partial charge in [0.25, 0.3) is 0 Å². The Morgan fingerprint density at radius 2 is 1.84 bits per heavy atom. The molecule has 0 atom stereocenters. The number of benzene rings is 1. The van der Waals surface area contributed by atoms with Crippen molar-refractivity contribution in [3.05, 3.63) is 51.8 Å². The number of nitriles is 1. The van der Waals surface area contributed by atoms with Gasteiger partial charge in [-0.2, -0.15) is 18.4 Å². The smallest absolute Gasteiger partial charge is 0.417 e. The average molecular weight is 413 g/mol. The number of hydrogen-bond acceptors (Lipinski definition) is 4. The van der Waals surface area contributed by atoms with Crippen LogP contribution in [0.5, 0.6) is 11.5 Å². The van der Waals surface area contributed by atoms with Crippen LogP contribution in [-0.2, 0) is 6.18 Å². The van der Waals surface area contributed by atoms with Gasteiger partial charge in [0.15, 0.2) is 11.5 Å². The molecule has 1 aromatic heterocycles. The van der Waals surface area contributed by atoms with Crippen LogP contribution in [0.2, 0.25) is 0 Å². The largest absolute Gasteiger partial charge is 0.493 e. The highest BCUT2D eigenvalue weighted by Gasteiger charge is 2.30. The summed E-state index contributed by atoms with van der Waals surface area (Å²) in [6.45, 7) is 0. The summed E-state index contributed by atoms with van der Waals surface area (Å²) in [7, 11) is 2.97. The Balaban J connectivity index is 2.46. The molecule has 0 fully saturated rings. The highest BCUT2D eigenvalue weighted by molar-refractivity contribution is 9.10. The lowest BCUT2D eigenvalue weighted by Gasteiger charge is -2.10. The second-order valence-corrected chi connectivity index (χ2v) is 5.68. The van der Waals surface area contributed by atoms with E-state index in [0.717, 1.165) is 12.1 Å². The van der Waals surface area contributed by atoms with Crippen molar-refractivity contribution < 1.29 is 22.6 Å². The number of hydrogen-bond donors (Lipinski definition) is 0. The monoisotopic (exact) mass is 412 g/mol. The van der Waals surface area contributed by atoms with Crippen LogP contribution in [0.25, 0.3) is 11.6 Å². The minimum Gasteiger partial charge on any atom is -0.493 e. The molecular formula is C17H12BrF3N2O2. The molecule has 4 nitrogen and oxygen atoms in total. The Morgan fingerprint density at radius 3 is 2.32 bits per heavy atom. The maximum absolute atomic E-state index is 12.6. The standard InChI is InChI=1S/C17H12BrF3N2O2/c1-24-15-6-10(13(18)7-16(15)25-2)5-11(8-22)14-4-3-12(9-23-14)17(19,20)21/h3-7,9H,1-2H3/b11-5+. The van der Waals surface area contributed by atoms with Crippen LogP contribution in [0.4, 0.5) is 13.2 Å². The van der Waals surface area contributed by atoms with Gasteiger partial charge < -0.3 is 9.47 Å². The molecule has 0 aliphatic heterocycles. The predicted molar refractivity (Wildman–Crippen MR) is 90.0 cm³/mol. The van der Waals surface area contributed by atoms with Gasteiger partial charge in [-0.05, 0) is 35.9 Å². The van der Waals surface area contributed by atoms with Crippen molar-refractivity contribution in [2.45, 2.75) is 6.18 Å². The molecule has 0 aliphatic rings. The second kappa shape index (κ2) is 7.57. The Morgan fingerprint density at radius 1 is 1.20 bits per heavy atom. The van der Waals surface area contributed by atoms with E-state index in [1.165, 1.54) is 20.3 Å². The van der Waals surface area contributed by atoms with Gasteiger partial charge in [-0.3, -0.25) is 4.98 Å². The molecule has 130 valence electrons. The van der Waals surface area contributed by atoms with E-state index in [-0.39, 0.29) is 11.3 Å². The average Bonchev–Trinajstić information content (AvgIpc) is 2.59. The number of rotatable bonds is 4. The Kier molecular flexibility index (Phi) is 5.69. The van der Waals surface area contributed by atoms with Crippen molar-refractivity contribution in [2.75, 3.05) is 14.2 Å². The molecule has 0 radical (unpaired) electrons. The van der Waals surface area contributed by atoms with E-state index in [0.29, 0.717) is 27.7 Å². The predicted octanol–water partition coefficient (Wildman–Crippen LogP) is 4.94. The SMILES string of the molecule is COc1cc(Br)c(/C=C(\C#N)c2ccc(C(F)(F)F)cn2)cc1OC. The van der Waals surface area contributed by atoms with Crippen LogP contribution < -0.4 is 9.47 Å². The fraction of sp³-hybridized carbons (Fsp3) is 0.176. The summed E-state index contributed by atoms with van der Waals surface area (Å²) in [5.41, 5.74) is -0.0319. The van der Waals surface area contributed by atoms with Crippen LogP contribution in [0.15, 0.2) is 34.9 Å². The molecular weight excluding hydrogens is 401 g/mol.